The van der Waals surface area contributed by atoms with Gasteiger partial charge in [-0.2, -0.15) is 0 Å². The van der Waals surface area contributed by atoms with Crippen molar-refractivity contribution in [2.75, 3.05) is 24.2 Å². The summed E-state index contributed by atoms with van der Waals surface area (Å²) in [6.45, 7) is 8.01. The summed E-state index contributed by atoms with van der Waals surface area (Å²) in [5.74, 6) is -0.468. The van der Waals surface area contributed by atoms with Crippen LogP contribution in [0.15, 0.2) is 14.3 Å². The minimum atomic E-state index is -0.613. The maximum Gasteiger partial charge on any atom is 0.441 e. The number of thioether (sulfide) groups is 1. The summed E-state index contributed by atoms with van der Waals surface area (Å²) in [6.07, 6.45) is 0.142. The number of ether oxygens (including phenoxy) is 2. The molecule has 2 aromatic rings. The summed E-state index contributed by atoms with van der Waals surface area (Å²) in [6, 6.07) is 0. The van der Waals surface area contributed by atoms with E-state index in [-0.39, 0.29) is 25.5 Å². The van der Waals surface area contributed by atoms with Gasteiger partial charge in [0.05, 0.1) is 18.7 Å². The molecule has 0 atom stereocenters. The number of thiophene rings is 1. The van der Waals surface area contributed by atoms with Crippen molar-refractivity contribution >= 4 is 46.1 Å². The first kappa shape index (κ1) is 25.8. The lowest BCUT2D eigenvalue weighted by Crippen LogP contribution is -2.39. The second-order valence-corrected chi connectivity index (χ2v) is 10.8. The molecule has 186 valence electrons. The predicted molar refractivity (Wildman–Crippen MR) is 125 cm³/mol. The van der Waals surface area contributed by atoms with E-state index in [2.05, 4.69) is 15.1 Å². The zero-order chi connectivity index (χ0) is 25.0. The Labute approximate surface area is 204 Å². The van der Waals surface area contributed by atoms with Gasteiger partial charge in [0, 0.05) is 23.6 Å². The van der Waals surface area contributed by atoms with Crippen LogP contribution in [0.1, 0.15) is 54.9 Å². The predicted octanol–water partition coefficient (Wildman–Crippen LogP) is 2.44. The normalized spacial score (nSPS) is 13.4. The molecular weight excluding hydrogens is 484 g/mol. The zero-order valence-electron chi connectivity index (χ0n) is 19.8. The van der Waals surface area contributed by atoms with Crippen molar-refractivity contribution in [1.82, 2.24) is 10.2 Å². The summed E-state index contributed by atoms with van der Waals surface area (Å²) >= 11 is 2.45. The van der Waals surface area contributed by atoms with Crippen LogP contribution in [0.3, 0.4) is 0 Å². The number of hydrogen-bond donors (Lipinski definition) is 2. The van der Waals surface area contributed by atoms with Crippen molar-refractivity contribution in [3.8, 4) is 0 Å². The van der Waals surface area contributed by atoms with Gasteiger partial charge in [0.2, 0.25) is 5.91 Å². The highest BCUT2D eigenvalue weighted by Crippen LogP contribution is 2.38. The monoisotopic (exact) mass is 513 g/mol. The molecule has 2 aromatic heterocycles. The van der Waals surface area contributed by atoms with Gasteiger partial charge in [0.15, 0.2) is 7.05 Å². The SMILES string of the molecule is CCOC(=O)c1c(NC(=O)CCSc2c(=O)o[nH][n+]2C)sc2c1CCN(C(=O)OC(C)(C)C)C2. The van der Waals surface area contributed by atoms with Crippen LogP contribution in [0.5, 0.6) is 0 Å². The number of rotatable bonds is 7. The van der Waals surface area contributed by atoms with Gasteiger partial charge in [-0.1, -0.05) is 4.68 Å². The number of nitrogens with one attached hydrogen (secondary N) is 2. The maximum atomic E-state index is 12.7. The van der Waals surface area contributed by atoms with Gasteiger partial charge in [0.25, 0.3) is 0 Å². The molecule has 0 spiro atoms. The second kappa shape index (κ2) is 10.6. The van der Waals surface area contributed by atoms with Gasteiger partial charge in [0.1, 0.15) is 10.6 Å². The Morgan fingerprint density at radius 3 is 2.68 bits per heavy atom. The number of hydrogen-bond acceptors (Lipinski definition) is 9. The minimum absolute atomic E-state index is 0.115. The highest BCUT2D eigenvalue weighted by Gasteiger charge is 2.32. The molecule has 2 amide bonds. The molecule has 13 heteroatoms. The smallest absolute Gasteiger partial charge is 0.441 e. The molecule has 3 rings (SSSR count). The highest BCUT2D eigenvalue weighted by molar-refractivity contribution is 7.99. The number of nitrogens with zero attached hydrogens (tertiary/aromatic N) is 2. The number of esters is 1. The third kappa shape index (κ3) is 6.20. The molecule has 0 saturated carbocycles. The van der Waals surface area contributed by atoms with Crippen molar-refractivity contribution in [3.63, 3.8) is 0 Å². The number of amides is 2. The Morgan fingerprint density at radius 1 is 1.32 bits per heavy atom. The molecule has 34 heavy (non-hydrogen) atoms. The molecule has 0 fully saturated rings. The molecule has 2 N–H and O–H groups in total. The van der Waals surface area contributed by atoms with Crippen LogP contribution in [0.4, 0.5) is 9.80 Å². The second-order valence-electron chi connectivity index (χ2n) is 8.57. The van der Waals surface area contributed by atoms with Crippen LogP contribution >= 0.6 is 23.1 Å². The Bertz CT molecular complexity index is 1130. The summed E-state index contributed by atoms with van der Waals surface area (Å²) in [7, 11) is 1.63. The molecule has 11 nitrogen and oxygen atoms in total. The van der Waals surface area contributed by atoms with Crippen molar-refractivity contribution in [2.45, 2.75) is 57.7 Å². The zero-order valence-corrected chi connectivity index (χ0v) is 21.4. The maximum absolute atomic E-state index is 12.7. The number of aryl methyl sites for hydroxylation is 1. The number of aromatic nitrogens is 2. The van der Waals surface area contributed by atoms with Crippen molar-refractivity contribution < 1.29 is 33.1 Å². The number of carbonyl (C=O) groups is 3. The molecule has 0 bridgehead atoms. The van der Waals surface area contributed by atoms with Crippen molar-refractivity contribution in [1.29, 1.82) is 0 Å². The van der Waals surface area contributed by atoms with E-state index in [9.17, 15) is 19.2 Å². The quantitative estimate of drug-likeness (QED) is 0.327. The summed E-state index contributed by atoms with van der Waals surface area (Å²) in [5, 5.41) is 5.99. The molecular formula is C21H29N4O7S2+. The first-order valence-corrected chi connectivity index (χ1v) is 12.6. The molecule has 0 aliphatic carbocycles. The molecule has 1 aliphatic rings. The molecule has 0 saturated heterocycles. The summed E-state index contributed by atoms with van der Waals surface area (Å²) in [4.78, 5) is 51.8. The Hall–Kier alpha value is -2.80. The van der Waals surface area contributed by atoms with Crippen LogP contribution in [-0.2, 0) is 34.3 Å². The molecule has 1 aliphatic heterocycles. The molecule has 0 radical (unpaired) electrons. The van der Waals surface area contributed by atoms with Crippen LogP contribution in [-0.4, -0.2) is 52.6 Å². The average molecular weight is 514 g/mol. The fraction of sp³-hybridized carbons (Fsp3) is 0.571. The highest BCUT2D eigenvalue weighted by atomic mass is 32.2. The van der Waals surface area contributed by atoms with Crippen LogP contribution in [0.25, 0.3) is 0 Å². The van der Waals surface area contributed by atoms with E-state index < -0.39 is 23.3 Å². The van der Waals surface area contributed by atoms with Crippen LogP contribution in [0, 0.1) is 0 Å². The number of aromatic amines is 1. The number of H-pyrrole nitrogens is 1. The van der Waals surface area contributed by atoms with Gasteiger partial charge in [-0.15, -0.1) is 11.3 Å². The standard InChI is InChI=1S/C21H28N4O7S2/c1-6-30-18(27)15-12-7-9-25(20(29)31-21(2,3)4)11-13(12)34-16(15)22-14(26)8-10-33-17-19(28)32-23-24(17)5/h6-11H2,1-5H3,(H-,22,23,26,27,28)/p+1. The molecule has 0 unspecified atom stereocenters. The Morgan fingerprint density at radius 2 is 2.06 bits per heavy atom. The Kier molecular flexibility index (Phi) is 8.08. The van der Waals surface area contributed by atoms with E-state index >= 15 is 0 Å². The van der Waals surface area contributed by atoms with Gasteiger partial charge < -0.3 is 19.7 Å². The van der Waals surface area contributed by atoms with Gasteiger partial charge >= 0.3 is 22.7 Å². The van der Waals surface area contributed by atoms with Gasteiger partial charge in [-0.3, -0.25) is 9.32 Å². The fourth-order valence-electron chi connectivity index (χ4n) is 3.31. The average Bonchev–Trinajstić information content (AvgIpc) is 3.26. The third-order valence-electron chi connectivity index (χ3n) is 4.76. The number of carbonyl (C=O) groups excluding carboxylic acids is 3. The fourth-order valence-corrected chi connectivity index (χ4v) is 5.45. The van der Waals surface area contributed by atoms with E-state index in [0.29, 0.717) is 34.3 Å². The van der Waals surface area contributed by atoms with Gasteiger partial charge in [-0.05, 0) is 56.7 Å². The van der Waals surface area contributed by atoms with E-state index in [1.165, 1.54) is 27.8 Å². The largest absolute Gasteiger partial charge is 0.462 e. The molecule has 0 aromatic carbocycles. The Balaban J connectivity index is 1.73. The van der Waals surface area contributed by atoms with Gasteiger partial charge in [-0.25, -0.2) is 14.4 Å². The number of fused-ring (bicyclic) bond motifs is 1. The van der Waals surface area contributed by atoms with E-state index in [1.54, 1.807) is 39.6 Å². The van der Waals surface area contributed by atoms with E-state index in [4.69, 9.17) is 9.47 Å². The van der Waals surface area contributed by atoms with E-state index in [1.807, 2.05) is 0 Å². The van der Waals surface area contributed by atoms with Crippen LogP contribution in [0.2, 0.25) is 0 Å². The lowest BCUT2D eigenvalue weighted by atomic mass is 10.0. The number of anilines is 1. The van der Waals surface area contributed by atoms with Crippen molar-refractivity contribution in [2.24, 2.45) is 7.05 Å². The lowest BCUT2D eigenvalue weighted by Gasteiger charge is -2.30. The third-order valence-corrected chi connectivity index (χ3v) is 7.02. The lowest BCUT2D eigenvalue weighted by molar-refractivity contribution is -0.772. The minimum Gasteiger partial charge on any atom is -0.462 e. The first-order valence-electron chi connectivity index (χ1n) is 10.8. The summed E-state index contributed by atoms with van der Waals surface area (Å²) < 4.78 is 16.8. The van der Waals surface area contributed by atoms with Crippen molar-refractivity contribution in [3.05, 3.63) is 26.4 Å². The first-order chi connectivity index (χ1) is 16.0. The topological polar surface area (TPSA) is 135 Å². The summed E-state index contributed by atoms with van der Waals surface area (Å²) in [5.41, 5.74) is 0.00515. The molecule has 3 heterocycles. The van der Waals surface area contributed by atoms with E-state index in [0.717, 1.165) is 10.4 Å². The van der Waals surface area contributed by atoms with Crippen LogP contribution < -0.4 is 15.6 Å².